The first-order chi connectivity index (χ1) is 18.0. The predicted molar refractivity (Wildman–Crippen MR) is 161 cm³/mol. The van der Waals surface area contributed by atoms with E-state index in [1.807, 2.05) is 28.1 Å². The molecule has 0 aromatic heterocycles. The van der Waals surface area contributed by atoms with E-state index in [1.54, 1.807) is 0 Å². The number of quaternary nitrogens is 1. The van der Waals surface area contributed by atoms with Gasteiger partial charge in [0.25, 0.3) is 0 Å². The summed E-state index contributed by atoms with van der Waals surface area (Å²) in [5.74, 6) is -0.467. The first-order valence-corrected chi connectivity index (χ1v) is 16.7. The van der Waals surface area contributed by atoms with E-state index in [9.17, 15) is 24.1 Å². The highest BCUT2D eigenvalue weighted by Gasteiger charge is 2.26. The zero-order valence-electron chi connectivity index (χ0n) is 25.8. The number of carbonyl (C=O) groups is 1. The molecule has 0 saturated heterocycles. The van der Waals surface area contributed by atoms with Gasteiger partial charge < -0.3 is 14.7 Å². The summed E-state index contributed by atoms with van der Waals surface area (Å²) in [6, 6.07) is 0. The fraction of sp³-hybridized carbons (Fsp3) is 0.903. The number of aliphatic hydroxyl groups is 2. The van der Waals surface area contributed by atoms with Crippen LogP contribution < -0.4 is 0 Å². The van der Waals surface area contributed by atoms with E-state index in [2.05, 4.69) is 19.1 Å². The molecule has 0 aromatic rings. The summed E-state index contributed by atoms with van der Waals surface area (Å²) < 4.78 is 21.7. The monoisotopic (exact) mass is 560 g/mol. The highest BCUT2D eigenvalue weighted by atomic mass is 31.1. The second-order valence-electron chi connectivity index (χ2n) is 11.7. The molecule has 3 atom stereocenters. The number of unbranched alkanes of at least 4 members (excludes halogenated alkanes) is 15. The zero-order chi connectivity index (χ0) is 29.2. The molecule has 0 radical (unpaired) electrons. The van der Waals surface area contributed by atoms with Gasteiger partial charge in [-0.2, -0.15) is 0 Å². The van der Waals surface area contributed by atoms with Gasteiger partial charge in [0.1, 0.15) is 6.10 Å². The van der Waals surface area contributed by atoms with Crippen LogP contribution in [0.25, 0.3) is 0 Å². The van der Waals surface area contributed by atoms with Gasteiger partial charge in [-0.15, -0.1) is 0 Å². The van der Waals surface area contributed by atoms with Crippen molar-refractivity contribution in [1.82, 2.24) is 0 Å². The maximum Gasteiger partial charge on any atom is 0.375 e. The van der Waals surface area contributed by atoms with E-state index in [-0.39, 0.29) is 11.6 Å². The second kappa shape index (κ2) is 26.4. The van der Waals surface area contributed by atoms with Crippen molar-refractivity contribution in [3.05, 3.63) is 12.2 Å². The molecule has 0 fully saturated rings. The summed E-state index contributed by atoms with van der Waals surface area (Å²) in [6.45, 7) is 5.61. The number of hydrogen-bond acceptors (Lipinski definition) is 5. The SMILES string of the molecule is CCC(P(=O)=O)[N+](C)(C)C.CCCCCCCCC=CCCCCCCCCCCCC(=O)C(O)C(C)O. The Kier molecular flexibility index (Phi) is 27.3. The quantitative estimate of drug-likeness (QED) is 0.0534. The highest BCUT2D eigenvalue weighted by Crippen LogP contribution is 2.24. The Labute approximate surface area is 236 Å². The van der Waals surface area contributed by atoms with Crippen molar-refractivity contribution in [3.8, 4) is 0 Å². The molecule has 0 amide bonds. The fourth-order valence-corrected chi connectivity index (χ4v) is 5.34. The van der Waals surface area contributed by atoms with Crippen LogP contribution in [0.1, 0.15) is 143 Å². The van der Waals surface area contributed by atoms with Crippen LogP contribution in [0.5, 0.6) is 0 Å². The van der Waals surface area contributed by atoms with Gasteiger partial charge in [0.15, 0.2) is 11.6 Å². The standard InChI is InChI=1S/C25H48O3.C6H15NO2P/c1-3-4-5-6-7-8-9-10-11-12-13-14-15-16-17-18-19-20-21-22-24(27)25(28)23(2)26;1-5-6(10(8)9)7(2,3)4/h10-11,23,25-26,28H,3-9,12-22H2,1-2H3;6H,5H2,1-4H3/q;+1. The lowest BCUT2D eigenvalue weighted by Crippen LogP contribution is -2.41. The summed E-state index contributed by atoms with van der Waals surface area (Å²) >= 11 is 0. The van der Waals surface area contributed by atoms with Crippen LogP contribution in [0.3, 0.4) is 0 Å². The Bertz CT molecular complexity index is 633. The van der Waals surface area contributed by atoms with Gasteiger partial charge in [0, 0.05) is 12.8 Å². The molecule has 0 aliphatic heterocycles. The lowest BCUT2D eigenvalue weighted by molar-refractivity contribution is -0.882. The minimum Gasteiger partial charge on any atom is -0.390 e. The number of allylic oxidation sites excluding steroid dienone is 2. The van der Waals surface area contributed by atoms with E-state index in [0.29, 0.717) is 17.3 Å². The zero-order valence-corrected chi connectivity index (χ0v) is 26.7. The Morgan fingerprint density at radius 2 is 1.11 bits per heavy atom. The first kappa shape index (κ1) is 39.3. The number of hydrogen-bond donors (Lipinski definition) is 2. The van der Waals surface area contributed by atoms with Crippen LogP contribution in [0.2, 0.25) is 0 Å². The summed E-state index contributed by atoms with van der Waals surface area (Å²) in [4.78, 5) is 11.6. The molecule has 0 aliphatic rings. The van der Waals surface area contributed by atoms with Gasteiger partial charge in [-0.3, -0.25) is 4.79 Å². The fourth-order valence-electron chi connectivity index (χ4n) is 4.47. The molecule has 7 heteroatoms. The van der Waals surface area contributed by atoms with Crippen LogP contribution in [0.15, 0.2) is 12.2 Å². The van der Waals surface area contributed by atoms with Crippen LogP contribution in [0.4, 0.5) is 0 Å². The third-order valence-electron chi connectivity index (χ3n) is 6.97. The van der Waals surface area contributed by atoms with Crippen LogP contribution in [-0.4, -0.2) is 59.6 Å². The number of carbonyl (C=O) groups excluding carboxylic acids is 1. The number of aliphatic hydroxyl groups excluding tert-OH is 2. The van der Waals surface area contributed by atoms with Crippen molar-refractivity contribution in [2.75, 3.05) is 21.1 Å². The normalized spacial score (nSPS) is 14.1. The second-order valence-corrected chi connectivity index (χ2v) is 12.9. The Morgan fingerprint density at radius 1 is 0.711 bits per heavy atom. The highest BCUT2D eigenvalue weighted by molar-refractivity contribution is 7.31. The minimum atomic E-state index is -2.28. The molecule has 226 valence electrons. The summed E-state index contributed by atoms with van der Waals surface area (Å²) in [5, 5.41) is 18.6. The molecular weight excluding hydrogens is 497 g/mol. The van der Waals surface area contributed by atoms with Crippen molar-refractivity contribution in [2.45, 2.75) is 161 Å². The van der Waals surface area contributed by atoms with Crippen LogP contribution in [-0.2, 0) is 13.9 Å². The van der Waals surface area contributed by atoms with Crippen LogP contribution in [0, 0.1) is 0 Å². The third kappa shape index (κ3) is 25.5. The molecule has 0 heterocycles. The van der Waals surface area contributed by atoms with E-state index in [1.165, 1.54) is 103 Å². The van der Waals surface area contributed by atoms with Crippen LogP contribution >= 0.6 is 7.68 Å². The van der Waals surface area contributed by atoms with Crippen molar-refractivity contribution < 1.29 is 28.6 Å². The van der Waals surface area contributed by atoms with Gasteiger partial charge >= 0.3 is 7.68 Å². The van der Waals surface area contributed by atoms with Crippen molar-refractivity contribution in [2.24, 2.45) is 0 Å². The van der Waals surface area contributed by atoms with Gasteiger partial charge in [0.05, 0.1) is 27.2 Å². The third-order valence-corrected chi connectivity index (χ3v) is 8.52. The number of ketones is 1. The van der Waals surface area contributed by atoms with Crippen molar-refractivity contribution >= 4 is 13.5 Å². The predicted octanol–water partition coefficient (Wildman–Crippen LogP) is 8.50. The van der Waals surface area contributed by atoms with E-state index >= 15 is 0 Å². The number of Topliss-reactive ketones (excluding diaryl/α,β-unsaturated/α-hetero) is 1. The molecular formula is C31H63NO5P+. The largest absolute Gasteiger partial charge is 0.390 e. The van der Waals surface area contributed by atoms with Gasteiger partial charge in [-0.1, -0.05) is 103 Å². The smallest absolute Gasteiger partial charge is 0.375 e. The summed E-state index contributed by atoms with van der Waals surface area (Å²) in [6.07, 6.45) is 25.3. The minimum absolute atomic E-state index is 0.226. The average molecular weight is 561 g/mol. The van der Waals surface area contributed by atoms with E-state index in [0.717, 1.165) is 12.8 Å². The molecule has 2 N–H and O–H groups in total. The Balaban J connectivity index is 0. The van der Waals surface area contributed by atoms with Crippen molar-refractivity contribution in [3.63, 3.8) is 0 Å². The average Bonchev–Trinajstić information content (AvgIpc) is 2.84. The molecule has 6 nitrogen and oxygen atoms in total. The summed E-state index contributed by atoms with van der Waals surface area (Å²) in [5.41, 5.74) is 0. The molecule has 0 aliphatic carbocycles. The number of nitrogens with zero attached hydrogens (tertiary/aromatic N) is 1. The lowest BCUT2D eigenvalue weighted by atomic mass is 10.0. The van der Waals surface area contributed by atoms with Gasteiger partial charge in [0.2, 0.25) is 0 Å². The molecule has 38 heavy (non-hydrogen) atoms. The Hall–Kier alpha value is -0.810. The molecule has 0 aromatic carbocycles. The molecule has 3 unspecified atom stereocenters. The molecule has 0 rings (SSSR count). The first-order valence-electron chi connectivity index (χ1n) is 15.5. The van der Waals surface area contributed by atoms with Gasteiger partial charge in [-0.25, -0.2) is 9.13 Å². The molecule has 0 spiro atoms. The summed E-state index contributed by atoms with van der Waals surface area (Å²) in [7, 11) is 3.38. The van der Waals surface area contributed by atoms with E-state index < -0.39 is 19.9 Å². The molecule has 0 bridgehead atoms. The molecule has 0 saturated carbocycles. The van der Waals surface area contributed by atoms with Gasteiger partial charge in [-0.05, 0) is 39.0 Å². The maximum absolute atomic E-state index is 11.6. The maximum atomic E-state index is 11.6. The number of rotatable bonds is 24. The topological polar surface area (TPSA) is 91.7 Å². The van der Waals surface area contributed by atoms with Crippen molar-refractivity contribution in [1.29, 1.82) is 0 Å². The lowest BCUT2D eigenvalue weighted by Gasteiger charge is -2.28. The van der Waals surface area contributed by atoms with E-state index in [4.69, 9.17) is 0 Å². The Morgan fingerprint density at radius 3 is 1.42 bits per heavy atom.